The van der Waals surface area contributed by atoms with Gasteiger partial charge in [-0.25, -0.2) is 9.79 Å². The number of carbonyl (C=O) groups excluding carboxylic acids is 1. The first-order valence-corrected chi connectivity index (χ1v) is 9.78. The fourth-order valence-electron chi connectivity index (χ4n) is 2.36. The number of ether oxygens (including phenoxy) is 2. The van der Waals surface area contributed by atoms with Gasteiger partial charge in [-0.3, -0.25) is 0 Å². The summed E-state index contributed by atoms with van der Waals surface area (Å²) < 4.78 is 10.4. The topological polar surface area (TPSA) is 75.2 Å². The molecule has 1 aromatic rings. The van der Waals surface area contributed by atoms with E-state index in [9.17, 15) is 4.79 Å². The Morgan fingerprint density at radius 3 is 2.36 bits per heavy atom. The summed E-state index contributed by atoms with van der Waals surface area (Å²) in [5.74, 6) is 0.798. The van der Waals surface area contributed by atoms with Crippen molar-refractivity contribution in [2.75, 3.05) is 33.9 Å². The zero-order chi connectivity index (χ0) is 21.0. The number of nitrogens with one attached hydrogen (secondary N) is 2. The molecular weight excluding hydrogens is 356 g/mol. The maximum Gasteiger partial charge on any atom is 0.410 e. The molecule has 1 aromatic carbocycles. The van der Waals surface area contributed by atoms with Crippen LogP contribution in [0, 0.1) is 0 Å². The van der Waals surface area contributed by atoms with Crippen molar-refractivity contribution < 1.29 is 14.3 Å². The normalized spacial score (nSPS) is 11.9. The average molecular weight is 393 g/mol. The second kappa shape index (κ2) is 12.2. The van der Waals surface area contributed by atoms with Crippen molar-refractivity contribution >= 4 is 12.1 Å². The third kappa shape index (κ3) is 10.2. The first-order chi connectivity index (χ1) is 13.2. The van der Waals surface area contributed by atoms with Crippen molar-refractivity contribution in [3.05, 3.63) is 35.4 Å². The van der Waals surface area contributed by atoms with Crippen molar-refractivity contribution in [2.45, 2.75) is 52.8 Å². The number of nitrogens with zero attached hydrogens (tertiary/aromatic N) is 2. The first kappa shape index (κ1) is 23.8. The molecule has 0 heterocycles. The Kier molecular flexibility index (Phi) is 10.4. The monoisotopic (exact) mass is 392 g/mol. The van der Waals surface area contributed by atoms with E-state index in [1.54, 1.807) is 19.1 Å². The summed E-state index contributed by atoms with van der Waals surface area (Å²) in [6.07, 6.45) is 0.608. The Bertz CT molecular complexity index is 609. The van der Waals surface area contributed by atoms with Gasteiger partial charge in [0, 0.05) is 40.4 Å². The minimum Gasteiger partial charge on any atom is -0.444 e. The van der Waals surface area contributed by atoms with E-state index in [2.05, 4.69) is 15.6 Å². The molecule has 0 aromatic heterocycles. The van der Waals surface area contributed by atoms with Gasteiger partial charge in [-0.05, 0) is 45.2 Å². The van der Waals surface area contributed by atoms with Crippen molar-refractivity contribution in [1.82, 2.24) is 15.5 Å². The molecule has 2 N–H and O–H groups in total. The third-order valence-corrected chi connectivity index (χ3v) is 3.73. The molecule has 0 aliphatic carbocycles. The molecule has 0 aliphatic heterocycles. The molecule has 1 rings (SSSR count). The number of rotatable bonds is 9. The highest BCUT2D eigenvalue weighted by Gasteiger charge is 2.19. The van der Waals surface area contributed by atoms with Crippen LogP contribution in [0.15, 0.2) is 29.3 Å². The minimum atomic E-state index is -0.491. The van der Waals surface area contributed by atoms with E-state index in [1.807, 2.05) is 52.0 Å². The van der Waals surface area contributed by atoms with Gasteiger partial charge in [0.15, 0.2) is 5.96 Å². The van der Waals surface area contributed by atoms with Crippen LogP contribution < -0.4 is 10.6 Å². The number of amides is 1. The van der Waals surface area contributed by atoms with E-state index >= 15 is 0 Å². The Morgan fingerprint density at radius 2 is 1.79 bits per heavy atom. The van der Waals surface area contributed by atoms with E-state index in [4.69, 9.17) is 9.47 Å². The number of carbonyl (C=O) groups is 1. The first-order valence-electron chi connectivity index (χ1n) is 9.78. The number of hydrogen-bond acceptors (Lipinski definition) is 4. The smallest absolute Gasteiger partial charge is 0.410 e. The van der Waals surface area contributed by atoms with Gasteiger partial charge in [0.25, 0.3) is 0 Å². The average Bonchev–Trinajstić information content (AvgIpc) is 2.63. The summed E-state index contributed by atoms with van der Waals surface area (Å²) in [6, 6.07) is 8.11. The van der Waals surface area contributed by atoms with E-state index in [1.165, 1.54) is 0 Å². The standard InChI is InChI=1S/C21H36N4O3/c1-7-22-19(23-13-8-14-27-6)24-15-17-9-11-18(12-10-17)16-25(5)20(26)28-21(2,3)4/h9-12H,7-8,13-16H2,1-6H3,(H2,22,23,24). The lowest BCUT2D eigenvalue weighted by Gasteiger charge is -2.24. The van der Waals surface area contributed by atoms with Crippen molar-refractivity contribution in [3.8, 4) is 0 Å². The highest BCUT2D eigenvalue weighted by Crippen LogP contribution is 2.12. The quantitative estimate of drug-likeness (QED) is 0.384. The number of benzene rings is 1. The van der Waals surface area contributed by atoms with Gasteiger partial charge in [0.05, 0.1) is 6.54 Å². The molecule has 7 heteroatoms. The second-order valence-electron chi connectivity index (χ2n) is 7.62. The lowest BCUT2D eigenvalue weighted by Crippen LogP contribution is -2.38. The minimum absolute atomic E-state index is 0.323. The maximum atomic E-state index is 12.1. The van der Waals surface area contributed by atoms with E-state index < -0.39 is 5.60 Å². The Balaban J connectivity index is 2.57. The molecule has 0 saturated carbocycles. The van der Waals surface area contributed by atoms with E-state index in [0.29, 0.717) is 13.1 Å². The molecule has 0 radical (unpaired) electrons. The van der Waals surface area contributed by atoms with Gasteiger partial charge >= 0.3 is 6.09 Å². The summed E-state index contributed by atoms with van der Waals surface area (Å²) in [6.45, 7) is 11.1. The van der Waals surface area contributed by atoms with Crippen LogP contribution in [0.1, 0.15) is 45.2 Å². The molecule has 0 bridgehead atoms. The number of aliphatic imine (C=N–C) groups is 1. The predicted octanol–water partition coefficient (Wildman–Crippen LogP) is 3.15. The van der Waals surface area contributed by atoms with Crippen molar-refractivity contribution in [2.24, 2.45) is 4.99 Å². The number of hydrogen-bond donors (Lipinski definition) is 2. The van der Waals surface area contributed by atoms with Gasteiger partial charge in [0.2, 0.25) is 0 Å². The molecule has 28 heavy (non-hydrogen) atoms. The maximum absolute atomic E-state index is 12.1. The summed E-state index contributed by atoms with van der Waals surface area (Å²) in [7, 11) is 3.44. The number of methoxy groups -OCH3 is 1. The molecule has 0 fully saturated rings. The molecule has 0 aliphatic rings. The molecule has 7 nitrogen and oxygen atoms in total. The summed E-state index contributed by atoms with van der Waals surface area (Å²) >= 11 is 0. The van der Waals surface area contributed by atoms with Crippen molar-refractivity contribution in [1.29, 1.82) is 0 Å². The molecule has 0 spiro atoms. The van der Waals surface area contributed by atoms with Gasteiger partial charge in [0.1, 0.15) is 5.60 Å². The van der Waals surface area contributed by atoms with Gasteiger partial charge in [-0.2, -0.15) is 0 Å². The highest BCUT2D eigenvalue weighted by atomic mass is 16.6. The molecule has 0 saturated heterocycles. The van der Waals surface area contributed by atoms with Crippen LogP contribution in [0.4, 0.5) is 4.79 Å². The third-order valence-electron chi connectivity index (χ3n) is 3.73. The SMILES string of the molecule is CCNC(=NCc1ccc(CN(C)C(=O)OC(C)(C)C)cc1)NCCCOC. The van der Waals surface area contributed by atoms with Crippen LogP contribution in [0.5, 0.6) is 0 Å². The Morgan fingerprint density at radius 1 is 1.14 bits per heavy atom. The van der Waals surface area contributed by atoms with Gasteiger partial charge < -0.3 is 25.0 Å². The Hall–Kier alpha value is -2.28. The summed E-state index contributed by atoms with van der Waals surface area (Å²) in [5, 5.41) is 6.53. The second-order valence-corrected chi connectivity index (χ2v) is 7.62. The van der Waals surface area contributed by atoms with Crippen LogP contribution in [0.25, 0.3) is 0 Å². The van der Waals surface area contributed by atoms with Gasteiger partial charge in [-0.1, -0.05) is 24.3 Å². The molecule has 1 amide bonds. The number of guanidine groups is 1. The summed E-state index contributed by atoms with van der Waals surface area (Å²) in [5.41, 5.74) is 1.66. The van der Waals surface area contributed by atoms with Crippen LogP contribution in [-0.4, -0.2) is 56.4 Å². The van der Waals surface area contributed by atoms with Crippen LogP contribution in [-0.2, 0) is 22.6 Å². The van der Waals surface area contributed by atoms with Crippen LogP contribution in [0.2, 0.25) is 0 Å². The predicted molar refractivity (Wildman–Crippen MR) is 113 cm³/mol. The molecule has 0 atom stereocenters. The molecule has 0 unspecified atom stereocenters. The lowest BCUT2D eigenvalue weighted by atomic mass is 10.1. The fraction of sp³-hybridized carbons (Fsp3) is 0.619. The zero-order valence-corrected chi connectivity index (χ0v) is 18.2. The summed E-state index contributed by atoms with van der Waals surface area (Å²) in [4.78, 5) is 18.2. The van der Waals surface area contributed by atoms with Crippen molar-refractivity contribution in [3.63, 3.8) is 0 Å². The van der Waals surface area contributed by atoms with Crippen LogP contribution in [0.3, 0.4) is 0 Å². The van der Waals surface area contributed by atoms with E-state index in [0.717, 1.165) is 43.2 Å². The molecular formula is C21H36N4O3. The molecule has 158 valence electrons. The van der Waals surface area contributed by atoms with Crippen LogP contribution >= 0.6 is 0 Å². The highest BCUT2D eigenvalue weighted by molar-refractivity contribution is 5.79. The lowest BCUT2D eigenvalue weighted by molar-refractivity contribution is 0.0285. The zero-order valence-electron chi connectivity index (χ0n) is 18.2. The van der Waals surface area contributed by atoms with E-state index in [-0.39, 0.29) is 6.09 Å². The fourth-order valence-corrected chi connectivity index (χ4v) is 2.36. The Labute approximate surface area is 169 Å². The largest absolute Gasteiger partial charge is 0.444 e. The van der Waals surface area contributed by atoms with Gasteiger partial charge in [-0.15, -0.1) is 0 Å².